The molecule has 1 N–H and O–H groups in total. The first kappa shape index (κ1) is 10.9. The summed E-state index contributed by atoms with van der Waals surface area (Å²) in [5.74, 6) is 0.653. The second-order valence-corrected chi connectivity index (χ2v) is 3.92. The van der Waals surface area contributed by atoms with Crippen molar-refractivity contribution in [2.45, 2.75) is 26.3 Å². The molecule has 0 aliphatic carbocycles. The average molecular weight is 188 g/mol. The van der Waals surface area contributed by atoms with Crippen molar-refractivity contribution in [2.75, 3.05) is 32.9 Å². The fraction of sp³-hybridized carbons (Fsp3) is 1.00. The summed E-state index contributed by atoms with van der Waals surface area (Å²) in [6, 6.07) is 0.640. The van der Waals surface area contributed by atoms with Gasteiger partial charge in [-0.05, 0) is 25.4 Å². The fourth-order valence-corrected chi connectivity index (χ4v) is 2.12. The highest BCUT2D eigenvalue weighted by atomic mass is 19.1. The topological polar surface area (TPSA) is 15.3 Å². The van der Waals surface area contributed by atoms with Crippen LogP contribution in [0.2, 0.25) is 0 Å². The second kappa shape index (κ2) is 5.55. The van der Waals surface area contributed by atoms with E-state index in [9.17, 15) is 4.39 Å². The van der Waals surface area contributed by atoms with Crippen molar-refractivity contribution in [1.82, 2.24) is 10.2 Å². The molecule has 1 rings (SSSR count). The smallest absolute Gasteiger partial charge is 0.102 e. The van der Waals surface area contributed by atoms with Crippen molar-refractivity contribution in [1.29, 1.82) is 0 Å². The van der Waals surface area contributed by atoms with Crippen LogP contribution in [0.3, 0.4) is 0 Å². The summed E-state index contributed by atoms with van der Waals surface area (Å²) in [4.78, 5) is 2.22. The molecular weight excluding hydrogens is 167 g/mol. The van der Waals surface area contributed by atoms with E-state index in [2.05, 4.69) is 24.1 Å². The van der Waals surface area contributed by atoms with Crippen LogP contribution >= 0.6 is 0 Å². The maximum Gasteiger partial charge on any atom is 0.102 e. The highest BCUT2D eigenvalue weighted by Gasteiger charge is 2.24. The fourth-order valence-electron chi connectivity index (χ4n) is 2.12. The van der Waals surface area contributed by atoms with Crippen LogP contribution in [0.25, 0.3) is 0 Å². The summed E-state index contributed by atoms with van der Waals surface area (Å²) in [7, 11) is 0. The first-order valence-electron chi connectivity index (χ1n) is 5.29. The molecule has 13 heavy (non-hydrogen) atoms. The van der Waals surface area contributed by atoms with Crippen molar-refractivity contribution in [3.63, 3.8) is 0 Å². The minimum Gasteiger partial charge on any atom is -0.314 e. The number of rotatable bonds is 4. The lowest BCUT2D eigenvalue weighted by Crippen LogP contribution is -2.48. The molecule has 1 saturated heterocycles. The first-order chi connectivity index (χ1) is 6.27. The molecule has 2 unspecified atom stereocenters. The van der Waals surface area contributed by atoms with Crippen molar-refractivity contribution in [3.8, 4) is 0 Å². The number of alkyl halides is 1. The molecule has 1 aliphatic heterocycles. The van der Waals surface area contributed by atoms with Gasteiger partial charge in [-0.15, -0.1) is 0 Å². The lowest BCUT2D eigenvalue weighted by molar-refractivity contribution is 0.140. The van der Waals surface area contributed by atoms with Gasteiger partial charge in [-0.25, -0.2) is 4.39 Å². The Bertz CT molecular complexity index is 141. The van der Waals surface area contributed by atoms with Crippen LogP contribution in [0.15, 0.2) is 0 Å². The number of piperidine rings is 1. The minimum atomic E-state index is -0.210. The predicted octanol–water partition coefficient (Wildman–Crippen LogP) is 1.28. The van der Waals surface area contributed by atoms with Gasteiger partial charge in [-0.3, -0.25) is 0 Å². The Balaban J connectivity index is 2.28. The molecule has 3 heteroatoms. The van der Waals surface area contributed by atoms with Crippen molar-refractivity contribution in [3.05, 3.63) is 0 Å². The lowest BCUT2D eigenvalue weighted by atomic mass is 9.94. The summed E-state index contributed by atoms with van der Waals surface area (Å²) in [5.41, 5.74) is 0. The Morgan fingerprint density at radius 2 is 2.31 bits per heavy atom. The van der Waals surface area contributed by atoms with E-state index in [1.165, 1.54) is 0 Å². The summed E-state index contributed by atoms with van der Waals surface area (Å²) in [6.07, 6.45) is 1.16. The Hall–Kier alpha value is -0.150. The molecule has 1 fully saturated rings. The van der Waals surface area contributed by atoms with Gasteiger partial charge < -0.3 is 10.2 Å². The largest absolute Gasteiger partial charge is 0.314 e. The van der Waals surface area contributed by atoms with Gasteiger partial charge in [0.25, 0.3) is 0 Å². The number of hydrogen-bond acceptors (Lipinski definition) is 2. The third-order valence-electron chi connectivity index (χ3n) is 2.86. The van der Waals surface area contributed by atoms with Crippen molar-refractivity contribution >= 4 is 0 Å². The maximum absolute atomic E-state index is 12.1. The van der Waals surface area contributed by atoms with Crippen LogP contribution in [0.1, 0.15) is 20.3 Å². The van der Waals surface area contributed by atoms with E-state index in [1.807, 2.05) is 0 Å². The maximum atomic E-state index is 12.1. The lowest BCUT2D eigenvalue weighted by Gasteiger charge is -2.36. The molecule has 1 heterocycles. The van der Waals surface area contributed by atoms with Gasteiger partial charge in [-0.1, -0.05) is 13.8 Å². The summed E-state index contributed by atoms with van der Waals surface area (Å²) < 4.78 is 12.1. The zero-order valence-corrected chi connectivity index (χ0v) is 8.72. The van der Waals surface area contributed by atoms with Gasteiger partial charge in [0.05, 0.1) is 0 Å². The molecule has 0 saturated carbocycles. The average Bonchev–Trinajstić information content (AvgIpc) is 2.10. The highest BCUT2D eigenvalue weighted by molar-refractivity contribution is 4.82. The number of halogens is 1. The number of hydrogen-bond donors (Lipinski definition) is 1. The van der Waals surface area contributed by atoms with Crippen molar-refractivity contribution in [2.24, 2.45) is 5.92 Å². The van der Waals surface area contributed by atoms with Gasteiger partial charge >= 0.3 is 0 Å². The normalized spacial score (nSPS) is 30.7. The summed E-state index contributed by atoms with van der Waals surface area (Å²) >= 11 is 0. The molecule has 78 valence electrons. The van der Waals surface area contributed by atoms with E-state index in [4.69, 9.17) is 0 Å². The zero-order chi connectivity index (χ0) is 9.68. The number of likely N-dealkylation sites (tertiary alicyclic amines) is 1. The van der Waals surface area contributed by atoms with E-state index in [0.717, 1.165) is 26.1 Å². The number of nitrogens with one attached hydrogen (secondary N) is 1. The Kier molecular flexibility index (Phi) is 4.67. The molecule has 0 radical (unpaired) electrons. The molecule has 0 aromatic rings. The second-order valence-electron chi connectivity index (χ2n) is 3.92. The van der Waals surface area contributed by atoms with E-state index in [1.54, 1.807) is 0 Å². The van der Waals surface area contributed by atoms with Gasteiger partial charge in [0.15, 0.2) is 0 Å². The summed E-state index contributed by atoms with van der Waals surface area (Å²) in [5, 5.41) is 3.48. The van der Waals surface area contributed by atoms with Crippen LogP contribution in [0, 0.1) is 5.92 Å². The van der Waals surface area contributed by atoms with Gasteiger partial charge in [0, 0.05) is 19.1 Å². The molecule has 0 spiro atoms. The molecule has 2 atom stereocenters. The van der Waals surface area contributed by atoms with E-state index in [0.29, 0.717) is 18.5 Å². The zero-order valence-electron chi connectivity index (χ0n) is 8.72. The third-order valence-corrected chi connectivity index (χ3v) is 2.86. The molecule has 0 bridgehead atoms. The summed E-state index contributed by atoms with van der Waals surface area (Å²) in [6.45, 7) is 7.92. The van der Waals surface area contributed by atoms with E-state index >= 15 is 0 Å². The Labute approximate surface area is 80.5 Å². The molecule has 1 aliphatic rings. The first-order valence-corrected chi connectivity index (χ1v) is 5.29. The highest BCUT2D eigenvalue weighted by Crippen LogP contribution is 2.16. The molecule has 0 aromatic heterocycles. The predicted molar refractivity (Wildman–Crippen MR) is 53.7 cm³/mol. The Morgan fingerprint density at radius 3 is 2.85 bits per heavy atom. The third kappa shape index (κ3) is 3.24. The molecule has 0 amide bonds. The van der Waals surface area contributed by atoms with E-state index in [-0.39, 0.29) is 6.67 Å². The minimum absolute atomic E-state index is 0.210. The van der Waals surface area contributed by atoms with Crippen LogP contribution < -0.4 is 5.32 Å². The molecular formula is C10H21FN2. The van der Waals surface area contributed by atoms with Crippen LogP contribution in [0.4, 0.5) is 4.39 Å². The van der Waals surface area contributed by atoms with Crippen LogP contribution in [-0.4, -0.2) is 43.8 Å². The van der Waals surface area contributed by atoms with Crippen LogP contribution in [-0.2, 0) is 0 Å². The van der Waals surface area contributed by atoms with Crippen molar-refractivity contribution < 1.29 is 4.39 Å². The Morgan fingerprint density at radius 1 is 1.54 bits per heavy atom. The van der Waals surface area contributed by atoms with Gasteiger partial charge in [0.1, 0.15) is 6.67 Å². The molecule has 2 nitrogen and oxygen atoms in total. The standard InChI is InChI=1S/C10H21FN2/c1-3-12-10-4-6-13(7-5-11)8-9(10)2/h9-10,12H,3-8H2,1-2H3. The quantitative estimate of drug-likeness (QED) is 0.715. The number of nitrogens with zero attached hydrogens (tertiary/aromatic N) is 1. The molecule has 0 aromatic carbocycles. The van der Waals surface area contributed by atoms with Crippen LogP contribution in [0.5, 0.6) is 0 Å². The van der Waals surface area contributed by atoms with E-state index < -0.39 is 0 Å². The SMILES string of the molecule is CCNC1CCN(CCF)CC1C. The van der Waals surface area contributed by atoms with Gasteiger partial charge in [0.2, 0.25) is 0 Å². The van der Waals surface area contributed by atoms with Gasteiger partial charge in [-0.2, -0.15) is 0 Å². The monoisotopic (exact) mass is 188 g/mol.